The molecule has 1 saturated heterocycles. The number of hydrogen-bond donors (Lipinski definition) is 2. The van der Waals surface area contributed by atoms with Crippen molar-refractivity contribution in [1.29, 1.82) is 0 Å². The number of aliphatic hydroxyl groups is 1. The van der Waals surface area contributed by atoms with Gasteiger partial charge in [0, 0.05) is 37.0 Å². The maximum atomic E-state index is 9.29. The van der Waals surface area contributed by atoms with Crippen LogP contribution in [0.2, 0.25) is 0 Å². The SMILES string of the molecule is CCc1ccccc1N1CC(C)(C)NCC1CCO. The summed E-state index contributed by atoms with van der Waals surface area (Å²) < 4.78 is 0. The highest BCUT2D eigenvalue weighted by Crippen LogP contribution is 2.28. The van der Waals surface area contributed by atoms with Crippen LogP contribution >= 0.6 is 0 Å². The topological polar surface area (TPSA) is 35.5 Å². The number of rotatable bonds is 4. The molecule has 0 aromatic heterocycles. The van der Waals surface area contributed by atoms with Crippen LogP contribution in [0.3, 0.4) is 0 Å². The number of hydrogen-bond acceptors (Lipinski definition) is 3. The Morgan fingerprint density at radius 1 is 1.37 bits per heavy atom. The van der Waals surface area contributed by atoms with Gasteiger partial charge in [-0.1, -0.05) is 25.1 Å². The van der Waals surface area contributed by atoms with Gasteiger partial charge in [-0.2, -0.15) is 0 Å². The van der Waals surface area contributed by atoms with E-state index < -0.39 is 0 Å². The van der Waals surface area contributed by atoms with Crippen LogP contribution in [0.1, 0.15) is 32.8 Å². The van der Waals surface area contributed by atoms with Crippen molar-refractivity contribution in [3.8, 4) is 0 Å². The predicted molar refractivity (Wildman–Crippen MR) is 80.7 cm³/mol. The van der Waals surface area contributed by atoms with Crippen molar-refractivity contribution >= 4 is 5.69 Å². The van der Waals surface area contributed by atoms with Crippen LogP contribution in [0.25, 0.3) is 0 Å². The monoisotopic (exact) mass is 262 g/mol. The highest BCUT2D eigenvalue weighted by Gasteiger charge is 2.32. The largest absolute Gasteiger partial charge is 0.396 e. The Labute approximate surface area is 116 Å². The third kappa shape index (κ3) is 3.28. The molecule has 1 aliphatic rings. The molecule has 1 heterocycles. The Balaban J connectivity index is 2.30. The normalized spacial score (nSPS) is 22.5. The zero-order valence-electron chi connectivity index (χ0n) is 12.3. The second kappa shape index (κ2) is 5.93. The van der Waals surface area contributed by atoms with Gasteiger partial charge < -0.3 is 15.3 Å². The first-order chi connectivity index (χ1) is 9.07. The summed E-state index contributed by atoms with van der Waals surface area (Å²) in [4.78, 5) is 2.48. The van der Waals surface area contributed by atoms with E-state index in [4.69, 9.17) is 0 Å². The molecule has 2 rings (SSSR count). The molecular formula is C16H26N2O. The fourth-order valence-corrected chi connectivity index (χ4v) is 2.89. The van der Waals surface area contributed by atoms with Crippen molar-refractivity contribution in [2.45, 2.75) is 45.2 Å². The number of para-hydroxylation sites is 1. The molecule has 1 aromatic carbocycles. The molecule has 19 heavy (non-hydrogen) atoms. The number of anilines is 1. The first-order valence-corrected chi connectivity index (χ1v) is 7.28. The minimum Gasteiger partial charge on any atom is -0.396 e. The lowest BCUT2D eigenvalue weighted by Crippen LogP contribution is -2.62. The lowest BCUT2D eigenvalue weighted by atomic mass is 9.95. The summed E-state index contributed by atoms with van der Waals surface area (Å²) in [5.41, 5.74) is 2.84. The fourth-order valence-electron chi connectivity index (χ4n) is 2.89. The Morgan fingerprint density at radius 3 is 2.79 bits per heavy atom. The van der Waals surface area contributed by atoms with E-state index in [9.17, 15) is 5.11 Å². The third-order valence-electron chi connectivity index (χ3n) is 3.97. The van der Waals surface area contributed by atoms with Crippen molar-refractivity contribution in [2.24, 2.45) is 0 Å². The van der Waals surface area contributed by atoms with Gasteiger partial charge in [0.2, 0.25) is 0 Å². The molecule has 0 bridgehead atoms. The number of nitrogens with zero attached hydrogens (tertiary/aromatic N) is 1. The smallest absolute Gasteiger partial charge is 0.0451 e. The van der Waals surface area contributed by atoms with Crippen LogP contribution in [0, 0.1) is 0 Å². The zero-order valence-corrected chi connectivity index (χ0v) is 12.3. The molecule has 0 radical (unpaired) electrons. The summed E-state index contributed by atoms with van der Waals surface area (Å²) in [5, 5.41) is 12.9. The molecule has 0 amide bonds. The first-order valence-electron chi connectivity index (χ1n) is 7.28. The number of piperazine rings is 1. The van der Waals surface area contributed by atoms with Gasteiger partial charge in [0.05, 0.1) is 0 Å². The first kappa shape index (κ1) is 14.4. The van der Waals surface area contributed by atoms with Gasteiger partial charge in [0.1, 0.15) is 0 Å². The summed E-state index contributed by atoms with van der Waals surface area (Å²) in [7, 11) is 0. The Bertz CT molecular complexity index is 417. The molecule has 3 nitrogen and oxygen atoms in total. The van der Waals surface area contributed by atoms with Crippen molar-refractivity contribution in [2.75, 3.05) is 24.6 Å². The van der Waals surface area contributed by atoms with Crippen molar-refractivity contribution < 1.29 is 5.11 Å². The summed E-state index contributed by atoms with van der Waals surface area (Å²) in [5.74, 6) is 0. The van der Waals surface area contributed by atoms with Gasteiger partial charge in [-0.25, -0.2) is 0 Å². The molecule has 2 N–H and O–H groups in total. The maximum absolute atomic E-state index is 9.29. The van der Waals surface area contributed by atoms with Gasteiger partial charge in [-0.15, -0.1) is 0 Å². The van der Waals surface area contributed by atoms with Crippen molar-refractivity contribution in [1.82, 2.24) is 5.32 Å². The van der Waals surface area contributed by atoms with Gasteiger partial charge in [-0.3, -0.25) is 0 Å². The molecule has 0 spiro atoms. The fraction of sp³-hybridized carbons (Fsp3) is 0.625. The molecule has 3 heteroatoms. The number of benzene rings is 1. The van der Waals surface area contributed by atoms with Gasteiger partial charge in [0.25, 0.3) is 0 Å². The lowest BCUT2D eigenvalue weighted by Gasteiger charge is -2.46. The summed E-state index contributed by atoms with van der Waals surface area (Å²) in [6, 6.07) is 9.02. The Kier molecular flexibility index (Phi) is 4.48. The van der Waals surface area contributed by atoms with Crippen molar-refractivity contribution in [3.63, 3.8) is 0 Å². The molecule has 1 fully saturated rings. The summed E-state index contributed by atoms with van der Waals surface area (Å²) in [6.07, 6.45) is 1.87. The second-order valence-electron chi connectivity index (χ2n) is 6.04. The quantitative estimate of drug-likeness (QED) is 0.873. The molecular weight excluding hydrogens is 236 g/mol. The molecule has 106 valence electrons. The molecule has 1 atom stereocenters. The van der Waals surface area contributed by atoms with E-state index in [-0.39, 0.29) is 12.1 Å². The van der Waals surface area contributed by atoms with E-state index in [1.165, 1.54) is 11.3 Å². The minimum absolute atomic E-state index is 0.118. The van der Waals surface area contributed by atoms with Crippen molar-refractivity contribution in [3.05, 3.63) is 29.8 Å². The molecule has 0 saturated carbocycles. The van der Waals surface area contributed by atoms with Crippen LogP contribution < -0.4 is 10.2 Å². The predicted octanol–water partition coefficient (Wildman–Crippen LogP) is 2.19. The van der Waals surface area contributed by atoms with E-state index in [0.29, 0.717) is 6.04 Å². The summed E-state index contributed by atoms with van der Waals surface area (Å²) in [6.45, 7) is 8.85. The van der Waals surface area contributed by atoms with E-state index in [2.05, 4.69) is 55.3 Å². The van der Waals surface area contributed by atoms with E-state index in [1.54, 1.807) is 0 Å². The van der Waals surface area contributed by atoms with Gasteiger partial charge >= 0.3 is 0 Å². The average Bonchev–Trinajstić information content (AvgIpc) is 2.40. The molecule has 0 aliphatic carbocycles. The van der Waals surface area contributed by atoms with E-state index in [0.717, 1.165) is 25.9 Å². The van der Waals surface area contributed by atoms with Crippen LogP contribution in [0.4, 0.5) is 5.69 Å². The van der Waals surface area contributed by atoms with Crippen LogP contribution in [-0.4, -0.2) is 36.4 Å². The van der Waals surface area contributed by atoms with Gasteiger partial charge in [0.15, 0.2) is 0 Å². The minimum atomic E-state index is 0.118. The standard InChI is InChI=1S/C16H26N2O/c1-4-13-7-5-6-8-15(13)18-12-16(2,3)17-11-14(18)9-10-19/h5-8,14,17,19H,4,9-12H2,1-3H3. The Hall–Kier alpha value is -1.06. The Morgan fingerprint density at radius 2 is 2.11 bits per heavy atom. The van der Waals surface area contributed by atoms with E-state index in [1.807, 2.05) is 0 Å². The maximum Gasteiger partial charge on any atom is 0.0451 e. The lowest BCUT2D eigenvalue weighted by molar-refractivity contribution is 0.241. The van der Waals surface area contributed by atoms with Gasteiger partial charge in [-0.05, 0) is 38.3 Å². The summed E-state index contributed by atoms with van der Waals surface area (Å²) >= 11 is 0. The number of aryl methyl sites for hydroxylation is 1. The van der Waals surface area contributed by atoms with Crippen LogP contribution in [0.5, 0.6) is 0 Å². The average molecular weight is 262 g/mol. The van der Waals surface area contributed by atoms with Crippen LogP contribution in [-0.2, 0) is 6.42 Å². The zero-order chi connectivity index (χ0) is 13.9. The molecule has 1 unspecified atom stereocenters. The third-order valence-corrected chi connectivity index (χ3v) is 3.97. The number of aliphatic hydroxyl groups excluding tert-OH is 1. The molecule has 1 aliphatic heterocycles. The number of nitrogens with one attached hydrogen (secondary N) is 1. The van der Waals surface area contributed by atoms with E-state index >= 15 is 0 Å². The highest BCUT2D eigenvalue weighted by molar-refractivity contribution is 5.55. The second-order valence-corrected chi connectivity index (χ2v) is 6.04. The highest BCUT2D eigenvalue weighted by atomic mass is 16.3. The molecule has 1 aromatic rings. The van der Waals surface area contributed by atoms with Crippen LogP contribution in [0.15, 0.2) is 24.3 Å².